The van der Waals surface area contributed by atoms with Gasteiger partial charge in [-0.1, -0.05) is 6.92 Å². The van der Waals surface area contributed by atoms with E-state index < -0.39 is 6.10 Å². The Bertz CT molecular complexity index is 467. The Morgan fingerprint density at radius 1 is 1.41 bits per heavy atom. The molecule has 0 saturated carbocycles. The van der Waals surface area contributed by atoms with Crippen LogP contribution in [0.5, 0.6) is 5.75 Å². The zero-order chi connectivity index (χ0) is 15.2. The molecule has 0 spiro atoms. The van der Waals surface area contributed by atoms with Crippen molar-refractivity contribution in [2.75, 3.05) is 11.9 Å². The van der Waals surface area contributed by atoms with Gasteiger partial charge in [0.1, 0.15) is 11.9 Å². The Hall–Kier alpha value is -1.30. The van der Waals surface area contributed by atoms with Crippen molar-refractivity contribution in [1.82, 2.24) is 0 Å². The van der Waals surface area contributed by atoms with Crippen molar-refractivity contribution in [2.45, 2.75) is 51.4 Å². The third-order valence-corrected chi connectivity index (χ3v) is 3.70. The standard InChI is InChI=1S/C16H24N2O3.ClH/c1-3-11(2)20-13-6-4-12(5-7-13)18-16(19)15-9-8-14(10-17)21-15;/h4-7,11,14-15H,3,8-10,17H2,1-2H3,(H,18,19);1H/t11?,14-,15+;/m1./s1. The van der Waals surface area contributed by atoms with E-state index in [0.717, 1.165) is 30.7 Å². The number of carbonyl (C=O) groups excluding carboxylic acids is 1. The number of ether oxygens (including phenoxy) is 2. The Kier molecular flexibility index (Phi) is 7.65. The summed E-state index contributed by atoms with van der Waals surface area (Å²) in [4.78, 5) is 12.1. The first-order chi connectivity index (χ1) is 10.1. The van der Waals surface area contributed by atoms with Crippen molar-refractivity contribution in [3.8, 4) is 5.75 Å². The van der Waals surface area contributed by atoms with Gasteiger partial charge in [-0.05, 0) is 50.5 Å². The molecule has 1 aliphatic heterocycles. The number of hydrogen-bond acceptors (Lipinski definition) is 4. The number of nitrogens with one attached hydrogen (secondary N) is 1. The molecule has 3 N–H and O–H groups in total. The predicted molar refractivity (Wildman–Crippen MR) is 89.7 cm³/mol. The first kappa shape index (κ1) is 18.7. The molecule has 1 aromatic rings. The minimum absolute atomic E-state index is 0. The molecule has 0 aliphatic carbocycles. The lowest BCUT2D eigenvalue weighted by Gasteiger charge is -2.14. The molecule has 1 heterocycles. The highest BCUT2D eigenvalue weighted by molar-refractivity contribution is 5.94. The number of halogens is 1. The van der Waals surface area contributed by atoms with E-state index in [1.165, 1.54) is 0 Å². The lowest BCUT2D eigenvalue weighted by atomic mass is 10.2. The molecule has 1 amide bonds. The molecule has 1 fully saturated rings. The maximum absolute atomic E-state index is 12.1. The smallest absolute Gasteiger partial charge is 0.253 e. The highest BCUT2D eigenvalue weighted by atomic mass is 35.5. The van der Waals surface area contributed by atoms with Gasteiger partial charge in [0.15, 0.2) is 0 Å². The fourth-order valence-corrected chi connectivity index (χ4v) is 2.23. The highest BCUT2D eigenvalue weighted by Crippen LogP contribution is 2.22. The number of rotatable bonds is 6. The van der Waals surface area contributed by atoms with E-state index in [2.05, 4.69) is 12.2 Å². The maximum Gasteiger partial charge on any atom is 0.253 e. The van der Waals surface area contributed by atoms with Crippen LogP contribution in [0.25, 0.3) is 0 Å². The van der Waals surface area contributed by atoms with Crippen LogP contribution in [0, 0.1) is 0 Å². The van der Waals surface area contributed by atoms with Gasteiger partial charge in [-0.3, -0.25) is 4.79 Å². The molecule has 5 nitrogen and oxygen atoms in total. The fraction of sp³-hybridized carbons (Fsp3) is 0.562. The maximum atomic E-state index is 12.1. The quantitative estimate of drug-likeness (QED) is 0.842. The zero-order valence-corrected chi connectivity index (χ0v) is 13.9. The summed E-state index contributed by atoms with van der Waals surface area (Å²) in [5, 5.41) is 2.86. The van der Waals surface area contributed by atoms with Crippen LogP contribution in [0.2, 0.25) is 0 Å². The molecule has 2 rings (SSSR count). The Labute approximate surface area is 138 Å². The summed E-state index contributed by atoms with van der Waals surface area (Å²) in [7, 11) is 0. The first-order valence-corrected chi connectivity index (χ1v) is 7.55. The summed E-state index contributed by atoms with van der Waals surface area (Å²) in [6, 6.07) is 7.40. The van der Waals surface area contributed by atoms with Crippen molar-refractivity contribution in [3.63, 3.8) is 0 Å². The summed E-state index contributed by atoms with van der Waals surface area (Å²) in [6.07, 6.45) is 2.33. The largest absolute Gasteiger partial charge is 0.491 e. The van der Waals surface area contributed by atoms with E-state index in [9.17, 15) is 4.79 Å². The van der Waals surface area contributed by atoms with Gasteiger partial charge in [-0.15, -0.1) is 12.4 Å². The second kappa shape index (κ2) is 8.98. The van der Waals surface area contributed by atoms with Crippen molar-refractivity contribution < 1.29 is 14.3 Å². The molecule has 1 saturated heterocycles. The molecule has 0 aromatic heterocycles. The molecule has 124 valence electrons. The average molecular weight is 329 g/mol. The van der Waals surface area contributed by atoms with E-state index in [1.54, 1.807) is 0 Å². The van der Waals surface area contributed by atoms with Crippen molar-refractivity contribution in [1.29, 1.82) is 0 Å². The number of benzene rings is 1. The van der Waals surface area contributed by atoms with E-state index >= 15 is 0 Å². The molecule has 1 aromatic carbocycles. The van der Waals surface area contributed by atoms with Gasteiger partial charge in [0.05, 0.1) is 12.2 Å². The van der Waals surface area contributed by atoms with Crippen molar-refractivity contribution in [3.05, 3.63) is 24.3 Å². The summed E-state index contributed by atoms with van der Waals surface area (Å²) >= 11 is 0. The molecule has 1 aliphatic rings. The van der Waals surface area contributed by atoms with Crippen LogP contribution >= 0.6 is 12.4 Å². The van der Waals surface area contributed by atoms with Crippen LogP contribution in [0.3, 0.4) is 0 Å². The molecule has 1 unspecified atom stereocenters. The van der Waals surface area contributed by atoms with Crippen LogP contribution in [0.4, 0.5) is 5.69 Å². The minimum atomic E-state index is -0.394. The van der Waals surface area contributed by atoms with Gasteiger partial charge in [0.25, 0.3) is 5.91 Å². The molecular weight excluding hydrogens is 304 g/mol. The predicted octanol–water partition coefficient (Wildman–Crippen LogP) is 2.73. The van der Waals surface area contributed by atoms with Gasteiger partial charge in [-0.25, -0.2) is 0 Å². The summed E-state index contributed by atoms with van der Waals surface area (Å²) in [5.41, 5.74) is 6.29. The normalized spacial score (nSPS) is 21.8. The highest BCUT2D eigenvalue weighted by Gasteiger charge is 2.29. The number of nitrogens with two attached hydrogens (primary N) is 1. The van der Waals surface area contributed by atoms with Gasteiger partial charge >= 0.3 is 0 Å². The molecular formula is C16H25ClN2O3. The SMILES string of the molecule is CCC(C)Oc1ccc(NC(=O)[C@@H]2CC[C@H](CN)O2)cc1.Cl. The van der Waals surface area contributed by atoms with Gasteiger partial charge in [0, 0.05) is 12.2 Å². The van der Waals surface area contributed by atoms with Crippen molar-refractivity contribution >= 4 is 24.0 Å². The topological polar surface area (TPSA) is 73.6 Å². The third-order valence-electron chi connectivity index (χ3n) is 3.70. The second-order valence-corrected chi connectivity index (χ2v) is 5.41. The molecule has 0 bridgehead atoms. The monoisotopic (exact) mass is 328 g/mol. The summed E-state index contributed by atoms with van der Waals surface area (Å²) in [6.45, 7) is 4.57. The van der Waals surface area contributed by atoms with Crippen molar-refractivity contribution in [2.24, 2.45) is 5.73 Å². The number of carbonyl (C=O) groups is 1. The van der Waals surface area contributed by atoms with E-state index in [-0.39, 0.29) is 30.5 Å². The minimum Gasteiger partial charge on any atom is -0.491 e. The van der Waals surface area contributed by atoms with Crippen LogP contribution in [-0.2, 0) is 9.53 Å². The van der Waals surface area contributed by atoms with Crippen LogP contribution in [-0.4, -0.2) is 30.8 Å². The molecule has 6 heteroatoms. The molecule has 3 atom stereocenters. The summed E-state index contributed by atoms with van der Waals surface area (Å²) < 4.78 is 11.3. The van der Waals surface area contributed by atoms with Gasteiger partial charge < -0.3 is 20.5 Å². The van der Waals surface area contributed by atoms with Crippen LogP contribution in [0.1, 0.15) is 33.1 Å². The molecule has 22 heavy (non-hydrogen) atoms. The lowest BCUT2D eigenvalue weighted by Crippen LogP contribution is -2.29. The van der Waals surface area contributed by atoms with E-state index in [0.29, 0.717) is 6.54 Å². The van der Waals surface area contributed by atoms with E-state index in [1.807, 2.05) is 31.2 Å². The van der Waals surface area contributed by atoms with Crippen LogP contribution < -0.4 is 15.8 Å². The lowest BCUT2D eigenvalue weighted by molar-refractivity contribution is -0.126. The Balaban J connectivity index is 0.00000242. The Morgan fingerprint density at radius 2 is 2.09 bits per heavy atom. The second-order valence-electron chi connectivity index (χ2n) is 5.41. The van der Waals surface area contributed by atoms with Gasteiger partial charge in [0.2, 0.25) is 0 Å². The fourth-order valence-electron chi connectivity index (χ4n) is 2.23. The van der Waals surface area contributed by atoms with Gasteiger partial charge in [-0.2, -0.15) is 0 Å². The third kappa shape index (κ3) is 5.16. The van der Waals surface area contributed by atoms with E-state index in [4.69, 9.17) is 15.2 Å². The Morgan fingerprint density at radius 3 is 2.64 bits per heavy atom. The number of hydrogen-bond donors (Lipinski definition) is 2. The zero-order valence-electron chi connectivity index (χ0n) is 13.1. The van der Waals surface area contributed by atoms with Crippen LogP contribution in [0.15, 0.2) is 24.3 Å². The number of anilines is 1. The molecule has 0 radical (unpaired) electrons. The number of amides is 1. The first-order valence-electron chi connectivity index (χ1n) is 7.55. The average Bonchev–Trinajstić information content (AvgIpc) is 2.98. The summed E-state index contributed by atoms with van der Waals surface area (Å²) in [5.74, 6) is 0.698.